The molecule has 0 spiro atoms. The van der Waals surface area contributed by atoms with Gasteiger partial charge in [0.15, 0.2) is 0 Å². The summed E-state index contributed by atoms with van der Waals surface area (Å²) >= 11 is 0. The number of pyridine rings is 1. The smallest absolute Gasteiger partial charge is 0.240 e. The Labute approximate surface area is 126 Å². The van der Waals surface area contributed by atoms with Crippen LogP contribution in [0.15, 0.2) is 41.6 Å². The molecule has 1 aliphatic rings. The van der Waals surface area contributed by atoms with E-state index < -0.39 is 0 Å². The van der Waals surface area contributed by atoms with Gasteiger partial charge in [0.25, 0.3) is 0 Å². The summed E-state index contributed by atoms with van der Waals surface area (Å²) in [7, 11) is 1.51. The first-order valence-corrected chi connectivity index (χ1v) is 6.83. The summed E-state index contributed by atoms with van der Waals surface area (Å²) in [6.07, 6.45) is 2.44. The van der Waals surface area contributed by atoms with Crippen LogP contribution in [0.4, 0.5) is 4.39 Å². The highest BCUT2D eigenvalue weighted by atomic mass is 19.1. The van der Waals surface area contributed by atoms with E-state index in [9.17, 15) is 9.18 Å². The first-order chi connectivity index (χ1) is 10.7. The molecule has 112 valence electrons. The minimum absolute atomic E-state index is 0.121. The molecule has 2 heterocycles. The van der Waals surface area contributed by atoms with Crippen molar-refractivity contribution < 1.29 is 13.9 Å². The van der Waals surface area contributed by atoms with E-state index in [1.165, 1.54) is 13.2 Å². The molecular formula is C16H14FN3O2. The zero-order chi connectivity index (χ0) is 15.5. The lowest BCUT2D eigenvalue weighted by atomic mass is 9.99. The van der Waals surface area contributed by atoms with Gasteiger partial charge >= 0.3 is 0 Å². The predicted molar refractivity (Wildman–Crippen MR) is 80.1 cm³/mol. The van der Waals surface area contributed by atoms with Gasteiger partial charge in [-0.2, -0.15) is 5.10 Å². The Morgan fingerprint density at radius 2 is 2.05 bits per heavy atom. The number of ether oxygens (including phenoxy) is 1. The van der Waals surface area contributed by atoms with Gasteiger partial charge in [0, 0.05) is 36.2 Å². The Bertz CT molecular complexity index is 759. The summed E-state index contributed by atoms with van der Waals surface area (Å²) < 4.78 is 19.5. The highest BCUT2D eigenvalue weighted by molar-refractivity contribution is 6.04. The molecule has 0 saturated heterocycles. The van der Waals surface area contributed by atoms with Gasteiger partial charge < -0.3 is 4.74 Å². The summed E-state index contributed by atoms with van der Waals surface area (Å²) in [6, 6.07) is 8.31. The number of nitrogens with zero attached hydrogens (tertiary/aromatic N) is 2. The Balaban J connectivity index is 1.94. The molecular weight excluding hydrogens is 285 g/mol. The minimum atomic E-state index is -0.356. The lowest BCUT2D eigenvalue weighted by Gasteiger charge is -2.13. The zero-order valence-corrected chi connectivity index (χ0v) is 12.0. The quantitative estimate of drug-likeness (QED) is 0.947. The number of methoxy groups -OCH3 is 1. The van der Waals surface area contributed by atoms with Gasteiger partial charge in [-0.15, -0.1) is 0 Å². The Morgan fingerprint density at radius 1 is 1.18 bits per heavy atom. The summed E-state index contributed by atoms with van der Waals surface area (Å²) in [5, 5.41) is 3.97. The van der Waals surface area contributed by atoms with Crippen LogP contribution >= 0.6 is 0 Å². The van der Waals surface area contributed by atoms with Crippen LogP contribution in [0.1, 0.15) is 18.4 Å². The van der Waals surface area contributed by atoms with Gasteiger partial charge in [-0.05, 0) is 17.7 Å². The second-order valence-electron chi connectivity index (χ2n) is 4.87. The number of carbonyl (C=O) groups is 1. The molecule has 22 heavy (non-hydrogen) atoms. The second kappa shape index (κ2) is 5.93. The summed E-state index contributed by atoms with van der Waals surface area (Å²) in [4.78, 5) is 15.1. The van der Waals surface area contributed by atoms with Crippen LogP contribution in [-0.4, -0.2) is 23.7 Å². The predicted octanol–water partition coefficient (Wildman–Crippen LogP) is 2.51. The van der Waals surface area contributed by atoms with Gasteiger partial charge in [0.05, 0.1) is 12.8 Å². The molecule has 1 N–H and O–H groups in total. The number of amides is 1. The number of benzene rings is 1. The zero-order valence-electron chi connectivity index (χ0n) is 12.0. The monoisotopic (exact) mass is 299 g/mol. The van der Waals surface area contributed by atoms with E-state index in [-0.39, 0.29) is 11.7 Å². The van der Waals surface area contributed by atoms with E-state index in [0.717, 1.165) is 0 Å². The van der Waals surface area contributed by atoms with Crippen LogP contribution in [0, 0.1) is 5.82 Å². The molecule has 1 aliphatic heterocycles. The van der Waals surface area contributed by atoms with Gasteiger partial charge in [0.1, 0.15) is 5.82 Å². The molecule has 1 aromatic heterocycles. The van der Waals surface area contributed by atoms with Crippen molar-refractivity contribution in [2.45, 2.75) is 12.8 Å². The maximum absolute atomic E-state index is 14.4. The van der Waals surface area contributed by atoms with Crippen molar-refractivity contribution in [3.05, 3.63) is 47.9 Å². The molecule has 1 amide bonds. The third-order valence-electron chi connectivity index (χ3n) is 3.46. The maximum atomic E-state index is 14.4. The van der Waals surface area contributed by atoms with Crippen molar-refractivity contribution >= 4 is 11.6 Å². The fourth-order valence-corrected chi connectivity index (χ4v) is 2.30. The number of nitrogens with one attached hydrogen (secondary N) is 1. The fraction of sp³-hybridized carbons (Fsp3) is 0.188. The third-order valence-corrected chi connectivity index (χ3v) is 3.46. The van der Waals surface area contributed by atoms with Crippen LogP contribution in [-0.2, 0) is 4.79 Å². The number of carbonyl (C=O) groups excluding carboxylic acids is 1. The lowest BCUT2D eigenvalue weighted by molar-refractivity contribution is -0.121. The van der Waals surface area contributed by atoms with Crippen LogP contribution in [0.25, 0.3) is 11.1 Å². The van der Waals surface area contributed by atoms with Crippen molar-refractivity contribution in [2.24, 2.45) is 5.10 Å². The molecule has 6 heteroatoms. The van der Waals surface area contributed by atoms with Gasteiger partial charge in [-0.3, -0.25) is 4.79 Å². The first kappa shape index (κ1) is 14.2. The van der Waals surface area contributed by atoms with E-state index in [1.54, 1.807) is 30.5 Å². The van der Waals surface area contributed by atoms with Crippen LogP contribution < -0.4 is 10.2 Å². The number of halogens is 1. The van der Waals surface area contributed by atoms with Crippen LogP contribution in [0.2, 0.25) is 0 Å². The highest BCUT2D eigenvalue weighted by Crippen LogP contribution is 2.26. The Hall–Kier alpha value is -2.76. The van der Waals surface area contributed by atoms with Crippen molar-refractivity contribution in [1.82, 2.24) is 10.4 Å². The Morgan fingerprint density at radius 3 is 2.73 bits per heavy atom. The minimum Gasteiger partial charge on any atom is -0.481 e. The van der Waals surface area contributed by atoms with Crippen LogP contribution in [0.3, 0.4) is 0 Å². The number of aromatic nitrogens is 1. The van der Waals surface area contributed by atoms with Gasteiger partial charge in [-0.1, -0.05) is 12.1 Å². The molecule has 0 radical (unpaired) electrons. The summed E-state index contributed by atoms with van der Waals surface area (Å²) in [5.41, 5.74) is 4.91. The topological polar surface area (TPSA) is 63.6 Å². The SMILES string of the molecule is COc1cc(-c2ccc(C3=NNC(=O)CC3)cc2F)ccn1. The first-order valence-electron chi connectivity index (χ1n) is 6.83. The standard InChI is InChI=1S/C16H14FN3O2/c1-22-16-9-10(6-7-18-16)12-3-2-11(8-13(12)17)14-4-5-15(21)20-19-14/h2-3,6-9H,4-5H2,1H3,(H,20,21). The molecule has 0 saturated carbocycles. The van der Waals surface area contributed by atoms with Crippen molar-refractivity contribution in [3.63, 3.8) is 0 Å². The van der Waals surface area contributed by atoms with E-state index in [4.69, 9.17) is 4.74 Å². The highest BCUT2D eigenvalue weighted by Gasteiger charge is 2.15. The second-order valence-corrected chi connectivity index (χ2v) is 4.87. The van der Waals surface area contributed by atoms with E-state index in [2.05, 4.69) is 15.5 Å². The fourth-order valence-electron chi connectivity index (χ4n) is 2.30. The lowest BCUT2D eigenvalue weighted by Crippen LogP contribution is -2.25. The van der Waals surface area contributed by atoms with Crippen molar-refractivity contribution in [3.8, 4) is 17.0 Å². The van der Waals surface area contributed by atoms with Gasteiger partial charge in [-0.25, -0.2) is 14.8 Å². The third kappa shape index (κ3) is 2.81. The molecule has 1 aromatic carbocycles. The molecule has 0 fully saturated rings. The van der Waals surface area contributed by atoms with Crippen molar-refractivity contribution in [2.75, 3.05) is 7.11 Å². The number of hydrogen-bond acceptors (Lipinski definition) is 4. The maximum Gasteiger partial charge on any atom is 0.240 e. The van der Waals surface area contributed by atoms with Crippen molar-refractivity contribution in [1.29, 1.82) is 0 Å². The normalized spacial score (nSPS) is 14.3. The van der Waals surface area contributed by atoms with Gasteiger partial charge in [0.2, 0.25) is 11.8 Å². The summed E-state index contributed by atoms with van der Waals surface area (Å²) in [6.45, 7) is 0. The Kier molecular flexibility index (Phi) is 3.82. The largest absolute Gasteiger partial charge is 0.481 e. The average Bonchev–Trinajstić information content (AvgIpc) is 2.55. The molecule has 0 aliphatic carbocycles. The molecule has 2 aromatic rings. The van der Waals surface area contributed by atoms with E-state index in [1.807, 2.05) is 0 Å². The number of rotatable bonds is 3. The molecule has 0 bridgehead atoms. The average molecular weight is 299 g/mol. The molecule has 5 nitrogen and oxygen atoms in total. The number of hydrogen-bond donors (Lipinski definition) is 1. The summed E-state index contributed by atoms with van der Waals surface area (Å²) in [5.74, 6) is -0.0459. The number of hydrazone groups is 1. The van der Waals surface area contributed by atoms with Crippen LogP contribution in [0.5, 0.6) is 5.88 Å². The molecule has 0 atom stereocenters. The molecule has 3 rings (SSSR count). The van der Waals surface area contributed by atoms with E-state index >= 15 is 0 Å². The molecule has 0 unspecified atom stereocenters. The van der Waals surface area contributed by atoms with E-state index in [0.29, 0.717) is 41.1 Å².